The van der Waals surface area contributed by atoms with E-state index in [0.29, 0.717) is 5.56 Å². The smallest absolute Gasteiger partial charge is 0.258 e. The summed E-state index contributed by atoms with van der Waals surface area (Å²) in [6.07, 6.45) is 3.80. The summed E-state index contributed by atoms with van der Waals surface area (Å²) in [6, 6.07) is 29.9. The SMILES string of the molecule is O=[N+]([O-])c1ccc(C2=CC=C(c3ccc(F)c(F)c3)C2=C(c2ccccc2)c2ccccc2)cc1. The number of rotatable bonds is 5. The van der Waals surface area contributed by atoms with Crippen LogP contribution in [0.3, 0.4) is 0 Å². The van der Waals surface area contributed by atoms with Crippen LogP contribution >= 0.6 is 0 Å². The average Bonchev–Trinajstić information content (AvgIpc) is 3.32. The Labute approximate surface area is 201 Å². The highest BCUT2D eigenvalue weighted by atomic mass is 19.2. The Morgan fingerprint density at radius 2 is 1.14 bits per heavy atom. The van der Waals surface area contributed by atoms with E-state index in [1.165, 1.54) is 18.2 Å². The summed E-state index contributed by atoms with van der Waals surface area (Å²) in [5, 5.41) is 11.2. The molecular weight excluding hydrogens is 444 g/mol. The van der Waals surface area contributed by atoms with Gasteiger partial charge in [0, 0.05) is 12.1 Å². The summed E-state index contributed by atoms with van der Waals surface area (Å²) in [7, 11) is 0. The highest BCUT2D eigenvalue weighted by Crippen LogP contribution is 2.46. The quantitative estimate of drug-likeness (QED) is 0.223. The highest BCUT2D eigenvalue weighted by Gasteiger charge is 2.25. The van der Waals surface area contributed by atoms with E-state index < -0.39 is 16.6 Å². The van der Waals surface area contributed by atoms with E-state index in [4.69, 9.17) is 0 Å². The molecule has 170 valence electrons. The molecule has 0 N–H and O–H groups in total. The maximum absolute atomic E-state index is 14.2. The standard InChI is InChI=1S/C30H19F2NO2/c31-27-18-13-23(19-28(27)32)26-17-16-25(20-11-14-24(15-12-20)33(34)35)30(26)29(21-7-3-1-4-8-21)22-9-5-2-6-10-22/h1-19H. The Balaban J connectivity index is 1.78. The van der Waals surface area contributed by atoms with Gasteiger partial charge in [-0.3, -0.25) is 10.1 Å². The first-order valence-corrected chi connectivity index (χ1v) is 11.0. The van der Waals surface area contributed by atoms with E-state index in [1.807, 2.05) is 72.8 Å². The molecule has 4 aromatic rings. The molecule has 0 unspecified atom stereocenters. The van der Waals surface area contributed by atoms with Crippen LogP contribution in [0.25, 0.3) is 16.7 Å². The van der Waals surface area contributed by atoms with Gasteiger partial charge in [0.2, 0.25) is 0 Å². The van der Waals surface area contributed by atoms with Crippen LogP contribution in [-0.2, 0) is 0 Å². The molecule has 0 aliphatic heterocycles. The molecule has 0 spiro atoms. The topological polar surface area (TPSA) is 43.1 Å². The number of hydrogen-bond donors (Lipinski definition) is 0. The van der Waals surface area contributed by atoms with E-state index >= 15 is 0 Å². The zero-order valence-corrected chi connectivity index (χ0v) is 18.5. The number of nitro benzene ring substituents is 1. The van der Waals surface area contributed by atoms with Gasteiger partial charge in [-0.15, -0.1) is 0 Å². The largest absolute Gasteiger partial charge is 0.269 e. The van der Waals surface area contributed by atoms with Gasteiger partial charge in [0.05, 0.1) is 4.92 Å². The van der Waals surface area contributed by atoms with Crippen molar-refractivity contribution >= 4 is 22.4 Å². The van der Waals surface area contributed by atoms with Crippen LogP contribution in [0.1, 0.15) is 22.3 Å². The lowest BCUT2D eigenvalue weighted by atomic mass is 9.83. The maximum atomic E-state index is 14.2. The van der Waals surface area contributed by atoms with E-state index in [0.717, 1.165) is 45.0 Å². The van der Waals surface area contributed by atoms with Crippen molar-refractivity contribution in [1.29, 1.82) is 0 Å². The maximum Gasteiger partial charge on any atom is 0.269 e. The van der Waals surface area contributed by atoms with Crippen molar-refractivity contribution in [3.8, 4) is 0 Å². The number of nitrogens with zero attached hydrogens (tertiary/aromatic N) is 1. The van der Waals surface area contributed by atoms with Crippen LogP contribution in [0, 0.1) is 21.7 Å². The molecule has 0 fully saturated rings. The molecule has 3 nitrogen and oxygen atoms in total. The summed E-state index contributed by atoms with van der Waals surface area (Å²) >= 11 is 0. The summed E-state index contributed by atoms with van der Waals surface area (Å²) in [4.78, 5) is 10.7. The Morgan fingerprint density at radius 3 is 1.66 bits per heavy atom. The molecule has 35 heavy (non-hydrogen) atoms. The summed E-state index contributed by atoms with van der Waals surface area (Å²) in [5.74, 6) is -1.83. The van der Waals surface area contributed by atoms with Crippen molar-refractivity contribution in [3.05, 3.63) is 165 Å². The lowest BCUT2D eigenvalue weighted by Gasteiger charge is -2.19. The van der Waals surface area contributed by atoms with Crippen LogP contribution in [0.5, 0.6) is 0 Å². The molecule has 0 heterocycles. The summed E-state index contributed by atoms with van der Waals surface area (Å²) < 4.78 is 28.0. The Bertz CT molecular complexity index is 1460. The highest BCUT2D eigenvalue weighted by molar-refractivity contribution is 6.12. The first-order valence-electron chi connectivity index (χ1n) is 11.0. The normalized spacial score (nSPS) is 12.8. The molecule has 5 heteroatoms. The second kappa shape index (κ2) is 9.31. The molecule has 5 rings (SSSR count). The van der Waals surface area contributed by atoms with Crippen LogP contribution in [0.4, 0.5) is 14.5 Å². The second-order valence-electron chi connectivity index (χ2n) is 8.08. The molecule has 0 aromatic heterocycles. The molecule has 4 aromatic carbocycles. The van der Waals surface area contributed by atoms with Crippen molar-refractivity contribution in [2.75, 3.05) is 0 Å². The molecular formula is C30H19F2NO2. The van der Waals surface area contributed by atoms with Gasteiger partial charge >= 0.3 is 0 Å². The van der Waals surface area contributed by atoms with Crippen LogP contribution < -0.4 is 0 Å². The second-order valence-corrected chi connectivity index (χ2v) is 8.08. The van der Waals surface area contributed by atoms with E-state index in [2.05, 4.69) is 0 Å². The molecule has 0 atom stereocenters. The van der Waals surface area contributed by atoms with Crippen LogP contribution in [0.2, 0.25) is 0 Å². The Morgan fingerprint density at radius 1 is 0.629 bits per heavy atom. The molecule has 0 amide bonds. The van der Waals surface area contributed by atoms with Gasteiger partial charge in [0.1, 0.15) is 0 Å². The van der Waals surface area contributed by atoms with Gasteiger partial charge in [-0.1, -0.05) is 78.9 Å². The van der Waals surface area contributed by atoms with Gasteiger partial charge in [-0.05, 0) is 68.8 Å². The average molecular weight is 463 g/mol. The summed E-state index contributed by atoms with van der Waals surface area (Å²) in [5.41, 5.74) is 6.56. The predicted octanol–water partition coefficient (Wildman–Crippen LogP) is 7.86. The fourth-order valence-electron chi connectivity index (χ4n) is 4.32. The molecule has 1 aliphatic rings. The Kier molecular flexibility index (Phi) is 5.90. The number of allylic oxidation sites excluding steroid dienone is 5. The zero-order valence-electron chi connectivity index (χ0n) is 18.5. The number of nitro groups is 1. The number of hydrogen-bond acceptors (Lipinski definition) is 2. The van der Waals surface area contributed by atoms with E-state index in [1.54, 1.807) is 18.2 Å². The van der Waals surface area contributed by atoms with Crippen molar-refractivity contribution in [3.63, 3.8) is 0 Å². The minimum absolute atomic E-state index is 0.00185. The van der Waals surface area contributed by atoms with Crippen molar-refractivity contribution in [1.82, 2.24) is 0 Å². The molecule has 0 saturated heterocycles. The van der Waals surface area contributed by atoms with Gasteiger partial charge in [-0.2, -0.15) is 0 Å². The number of halogens is 2. The van der Waals surface area contributed by atoms with Gasteiger partial charge in [-0.25, -0.2) is 8.78 Å². The monoisotopic (exact) mass is 463 g/mol. The van der Waals surface area contributed by atoms with Crippen LogP contribution in [0.15, 0.2) is 121 Å². The zero-order chi connectivity index (χ0) is 24.4. The molecule has 0 saturated carbocycles. The lowest BCUT2D eigenvalue weighted by Crippen LogP contribution is -2.00. The number of benzene rings is 4. The first-order chi connectivity index (χ1) is 17.0. The number of non-ortho nitro benzene ring substituents is 1. The van der Waals surface area contributed by atoms with E-state index in [-0.39, 0.29) is 5.69 Å². The minimum atomic E-state index is -0.924. The van der Waals surface area contributed by atoms with Crippen LogP contribution in [-0.4, -0.2) is 4.92 Å². The third-order valence-electron chi connectivity index (χ3n) is 5.95. The fourth-order valence-corrected chi connectivity index (χ4v) is 4.32. The van der Waals surface area contributed by atoms with Crippen molar-refractivity contribution in [2.45, 2.75) is 0 Å². The third kappa shape index (κ3) is 4.32. The van der Waals surface area contributed by atoms with Gasteiger partial charge in [0.15, 0.2) is 11.6 Å². The lowest BCUT2D eigenvalue weighted by molar-refractivity contribution is -0.384. The van der Waals surface area contributed by atoms with Gasteiger partial charge < -0.3 is 0 Å². The minimum Gasteiger partial charge on any atom is -0.258 e. The molecule has 0 bridgehead atoms. The Hall–Kier alpha value is -4.64. The van der Waals surface area contributed by atoms with Crippen molar-refractivity contribution in [2.24, 2.45) is 0 Å². The molecule has 1 aliphatic carbocycles. The third-order valence-corrected chi connectivity index (χ3v) is 5.95. The van der Waals surface area contributed by atoms with E-state index in [9.17, 15) is 18.9 Å². The fraction of sp³-hybridized carbons (Fsp3) is 0. The molecule has 0 radical (unpaired) electrons. The first kappa shape index (κ1) is 22.2. The van der Waals surface area contributed by atoms with Gasteiger partial charge in [0.25, 0.3) is 5.69 Å². The van der Waals surface area contributed by atoms with Crippen molar-refractivity contribution < 1.29 is 13.7 Å². The predicted molar refractivity (Wildman–Crippen MR) is 134 cm³/mol. The summed E-state index contributed by atoms with van der Waals surface area (Å²) in [6.45, 7) is 0.